The molecule has 9 heteroatoms. The molecule has 216 valence electrons. The zero-order valence-corrected chi connectivity index (χ0v) is 24.7. The van der Waals surface area contributed by atoms with Crippen LogP contribution >= 0.6 is 11.6 Å². The maximum Gasteiger partial charge on any atom is 0.305 e. The highest BCUT2D eigenvalue weighted by Crippen LogP contribution is 2.48. The molecule has 40 heavy (non-hydrogen) atoms. The first-order valence-corrected chi connectivity index (χ1v) is 14.2. The molecular weight excluding hydrogens is 528 g/mol. The highest BCUT2D eigenvalue weighted by atomic mass is 35.5. The third-order valence-electron chi connectivity index (χ3n) is 8.06. The van der Waals surface area contributed by atoms with Crippen molar-refractivity contribution in [3.63, 3.8) is 0 Å². The second kappa shape index (κ2) is 13.3. The number of carbonyl (C=O) groups excluding carboxylic acids is 3. The van der Waals surface area contributed by atoms with Crippen LogP contribution in [0.4, 0.5) is 0 Å². The van der Waals surface area contributed by atoms with Gasteiger partial charge in [0.2, 0.25) is 5.91 Å². The highest BCUT2D eigenvalue weighted by molar-refractivity contribution is 6.30. The fraction of sp³-hybridized carbons (Fsp3) is 0.484. The summed E-state index contributed by atoms with van der Waals surface area (Å²) in [7, 11) is 1.38. The van der Waals surface area contributed by atoms with E-state index in [1.54, 1.807) is 72.2 Å². The number of benzene rings is 2. The van der Waals surface area contributed by atoms with Crippen LogP contribution in [0.5, 0.6) is 0 Å². The Labute approximate surface area is 242 Å². The van der Waals surface area contributed by atoms with Gasteiger partial charge in [0.25, 0.3) is 5.91 Å². The number of unbranched alkanes of at least 4 members (excludes halogenated alkanes) is 1. The van der Waals surface area contributed by atoms with Gasteiger partial charge in [-0.05, 0) is 68.9 Å². The summed E-state index contributed by atoms with van der Waals surface area (Å²) in [6.07, 6.45) is 3.08. The zero-order chi connectivity index (χ0) is 29.5. The van der Waals surface area contributed by atoms with Crippen LogP contribution in [0.2, 0.25) is 5.02 Å². The molecule has 1 saturated heterocycles. The minimum absolute atomic E-state index is 0.130. The number of hydrogen-bond donors (Lipinski definition) is 2. The lowest BCUT2D eigenvalue weighted by atomic mass is 9.64. The summed E-state index contributed by atoms with van der Waals surface area (Å²) in [4.78, 5) is 43.9. The van der Waals surface area contributed by atoms with Crippen LogP contribution in [-0.4, -0.2) is 60.2 Å². The van der Waals surface area contributed by atoms with Gasteiger partial charge in [0.15, 0.2) is 0 Å². The number of rotatable bonds is 11. The van der Waals surface area contributed by atoms with Gasteiger partial charge in [0.1, 0.15) is 11.4 Å². The smallest absolute Gasteiger partial charge is 0.305 e. The van der Waals surface area contributed by atoms with Gasteiger partial charge in [0, 0.05) is 36.6 Å². The van der Waals surface area contributed by atoms with E-state index in [9.17, 15) is 14.4 Å². The summed E-state index contributed by atoms with van der Waals surface area (Å²) < 4.78 is 4.82. The number of halogens is 1. The molecule has 1 aliphatic heterocycles. The number of amides is 2. The van der Waals surface area contributed by atoms with Gasteiger partial charge in [-0.25, -0.2) is 0 Å². The van der Waals surface area contributed by atoms with Crippen molar-refractivity contribution in [1.82, 2.24) is 9.80 Å². The Bertz CT molecular complexity index is 1210. The Morgan fingerprint density at radius 1 is 1.10 bits per heavy atom. The van der Waals surface area contributed by atoms with Gasteiger partial charge < -0.3 is 20.3 Å². The number of likely N-dealkylation sites (tertiary alicyclic amines) is 1. The number of esters is 1. The number of amidine groups is 1. The van der Waals surface area contributed by atoms with Crippen molar-refractivity contribution < 1.29 is 19.1 Å². The lowest BCUT2D eigenvalue weighted by molar-refractivity contribution is -0.148. The lowest BCUT2D eigenvalue weighted by Gasteiger charge is -2.53. The third kappa shape index (κ3) is 6.17. The molecule has 0 aromatic heterocycles. The minimum Gasteiger partial charge on any atom is -0.469 e. The summed E-state index contributed by atoms with van der Waals surface area (Å²) >= 11 is 6.46. The fourth-order valence-corrected chi connectivity index (χ4v) is 6.08. The summed E-state index contributed by atoms with van der Waals surface area (Å²) in [6.45, 7) is 6.73. The first kappa shape index (κ1) is 31.1. The first-order valence-electron chi connectivity index (χ1n) is 13.8. The molecule has 1 unspecified atom stereocenters. The lowest BCUT2D eigenvalue weighted by Crippen LogP contribution is -2.68. The van der Waals surface area contributed by atoms with E-state index in [0.29, 0.717) is 54.9 Å². The SMILES string of the molecule is CCCCN(C(=O)c1ccccc1)C(C(=N)N)(c1cccc(Cl)c1)C(C)(C)C(=O)N1CCC(CC(=O)OC)CC1. The van der Waals surface area contributed by atoms with E-state index < -0.39 is 11.0 Å². The van der Waals surface area contributed by atoms with E-state index in [0.717, 1.165) is 6.42 Å². The molecule has 3 N–H and O–H groups in total. The molecule has 0 radical (unpaired) electrons. The van der Waals surface area contributed by atoms with Crippen molar-refractivity contribution in [1.29, 1.82) is 5.41 Å². The molecule has 8 nitrogen and oxygen atoms in total. The number of ether oxygens (including phenoxy) is 1. The van der Waals surface area contributed by atoms with Crippen molar-refractivity contribution >= 4 is 35.2 Å². The van der Waals surface area contributed by atoms with Crippen molar-refractivity contribution in [2.24, 2.45) is 17.1 Å². The molecule has 0 bridgehead atoms. The van der Waals surface area contributed by atoms with Crippen LogP contribution in [0, 0.1) is 16.7 Å². The summed E-state index contributed by atoms with van der Waals surface area (Å²) in [6, 6.07) is 15.8. The number of methoxy groups -OCH3 is 1. The molecule has 1 atom stereocenters. The highest BCUT2D eigenvalue weighted by Gasteiger charge is 2.60. The number of nitrogens with zero attached hydrogens (tertiary/aromatic N) is 2. The number of nitrogens with one attached hydrogen (secondary N) is 1. The van der Waals surface area contributed by atoms with E-state index >= 15 is 0 Å². The summed E-state index contributed by atoms with van der Waals surface area (Å²) in [5.41, 5.74) is 4.49. The Morgan fingerprint density at radius 3 is 2.30 bits per heavy atom. The largest absolute Gasteiger partial charge is 0.469 e. The number of hydrogen-bond acceptors (Lipinski definition) is 5. The molecule has 1 fully saturated rings. The van der Waals surface area contributed by atoms with Crippen molar-refractivity contribution in [3.05, 3.63) is 70.7 Å². The van der Waals surface area contributed by atoms with Crippen LogP contribution in [0.3, 0.4) is 0 Å². The molecular formula is C31H41ClN4O4. The Morgan fingerprint density at radius 2 is 1.75 bits per heavy atom. The van der Waals surface area contributed by atoms with Gasteiger partial charge in [-0.2, -0.15) is 0 Å². The molecule has 2 aromatic rings. The van der Waals surface area contributed by atoms with Crippen molar-refractivity contribution in [2.75, 3.05) is 26.7 Å². The van der Waals surface area contributed by atoms with Crippen LogP contribution in [0.25, 0.3) is 0 Å². The van der Waals surface area contributed by atoms with E-state index in [2.05, 4.69) is 0 Å². The van der Waals surface area contributed by atoms with Gasteiger partial charge in [-0.3, -0.25) is 19.8 Å². The molecule has 0 spiro atoms. The minimum atomic E-state index is -1.63. The van der Waals surface area contributed by atoms with Gasteiger partial charge in [-0.15, -0.1) is 0 Å². The second-order valence-electron chi connectivity index (χ2n) is 11.0. The van der Waals surface area contributed by atoms with Crippen LogP contribution in [-0.2, 0) is 19.9 Å². The maximum atomic E-state index is 14.5. The van der Waals surface area contributed by atoms with Gasteiger partial charge in [0.05, 0.1) is 12.5 Å². The first-order chi connectivity index (χ1) is 19.0. The molecule has 2 amide bonds. The van der Waals surface area contributed by atoms with E-state index in [1.165, 1.54) is 7.11 Å². The second-order valence-corrected chi connectivity index (χ2v) is 11.4. The van der Waals surface area contributed by atoms with E-state index in [1.807, 2.05) is 13.0 Å². The fourth-order valence-electron chi connectivity index (χ4n) is 5.89. The monoisotopic (exact) mass is 568 g/mol. The molecule has 0 saturated carbocycles. The van der Waals surface area contributed by atoms with Crippen molar-refractivity contribution in [2.45, 2.75) is 58.4 Å². The average molecular weight is 569 g/mol. The van der Waals surface area contributed by atoms with E-state index in [4.69, 9.17) is 27.5 Å². The number of nitrogens with two attached hydrogens (primary N) is 1. The normalized spacial score (nSPS) is 15.7. The quantitative estimate of drug-likeness (QED) is 0.218. The van der Waals surface area contributed by atoms with Gasteiger partial charge in [-0.1, -0.05) is 55.3 Å². The third-order valence-corrected chi connectivity index (χ3v) is 8.30. The summed E-state index contributed by atoms with van der Waals surface area (Å²) in [5, 5.41) is 9.46. The summed E-state index contributed by atoms with van der Waals surface area (Å²) in [5.74, 6) is -0.976. The van der Waals surface area contributed by atoms with E-state index in [-0.39, 0.29) is 36.1 Å². The Kier molecular flexibility index (Phi) is 10.4. The number of piperidine rings is 1. The predicted molar refractivity (Wildman–Crippen MR) is 157 cm³/mol. The molecule has 2 aromatic carbocycles. The Balaban J connectivity index is 2.15. The average Bonchev–Trinajstić information content (AvgIpc) is 2.95. The standard InChI is InChI=1S/C31H41ClN4O4/c1-5-6-17-36(27(38)23-11-8-7-9-12-23)31(28(33)34,24-13-10-14-25(32)21-24)30(2,3)29(39)35-18-15-22(16-19-35)20-26(37)40-4/h7-14,21-22H,5-6,15-20H2,1-4H3,(H3,33,34). The molecule has 1 aliphatic rings. The molecule has 1 heterocycles. The molecule has 3 rings (SSSR count). The topological polar surface area (TPSA) is 117 Å². The maximum absolute atomic E-state index is 14.5. The van der Waals surface area contributed by atoms with Crippen LogP contribution in [0.15, 0.2) is 54.6 Å². The van der Waals surface area contributed by atoms with Crippen molar-refractivity contribution in [3.8, 4) is 0 Å². The zero-order valence-electron chi connectivity index (χ0n) is 23.9. The van der Waals surface area contributed by atoms with Gasteiger partial charge >= 0.3 is 5.97 Å². The van der Waals surface area contributed by atoms with Crippen LogP contribution in [0.1, 0.15) is 68.8 Å². The molecule has 0 aliphatic carbocycles. The predicted octanol–water partition coefficient (Wildman–Crippen LogP) is 5.24. The Hall–Kier alpha value is -3.39. The van der Waals surface area contributed by atoms with Crippen LogP contribution < -0.4 is 5.73 Å². The number of carbonyl (C=O) groups is 3.